The molecule has 2 N–H and O–H groups in total. The quantitative estimate of drug-likeness (QED) is 0.133. The van der Waals surface area contributed by atoms with Gasteiger partial charge >= 0.3 is 0 Å². The molecule has 0 saturated carbocycles. The third-order valence-electron chi connectivity index (χ3n) is 10.1. The third kappa shape index (κ3) is 5.31. The fourth-order valence-electron chi connectivity index (χ4n) is 7.67. The fraction of sp³-hybridized carbons (Fsp3) is 0.0204. The van der Waals surface area contributed by atoms with Crippen LogP contribution in [0.25, 0.3) is 66.4 Å². The maximum Gasteiger partial charge on any atom is 0.0635 e. The van der Waals surface area contributed by atoms with Crippen LogP contribution < -0.4 is 5.73 Å². The molecular formula is C49H37N3. The number of allylic oxidation sites excluding steroid dienone is 3. The molecule has 0 unspecified atom stereocenters. The average molecular weight is 668 g/mol. The molecule has 0 aliphatic carbocycles. The van der Waals surface area contributed by atoms with Crippen molar-refractivity contribution in [3.05, 3.63) is 211 Å². The van der Waals surface area contributed by atoms with Gasteiger partial charge < -0.3 is 14.9 Å². The first kappa shape index (κ1) is 31.2. The highest BCUT2D eigenvalue weighted by molar-refractivity contribution is 6.20. The molecule has 248 valence electrons. The number of benzene rings is 7. The van der Waals surface area contributed by atoms with E-state index in [0.717, 1.165) is 61.5 Å². The summed E-state index contributed by atoms with van der Waals surface area (Å²) in [7, 11) is 0. The van der Waals surface area contributed by atoms with Crippen LogP contribution in [0.4, 0.5) is 5.69 Å². The van der Waals surface area contributed by atoms with E-state index in [1.807, 2.05) is 12.1 Å². The van der Waals surface area contributed by atoms with Crippen molar-refractivity contribution in [1.29, 1.82) is 0 Å². The smallest absolute Gasteiger partial charge is 0.0635 e. The standard InChI is InChI=1S/C49H37N3/c1-2-34(35-17-7-3-8-18-35)31-42(36-19-9-4-10-20-36)44-33-48-45(32-43(44)39-25-15-16-26-46(39)50)40-27-28-47-41(29-30-51(47)37-21-11-5-12-22-37)49(40)52(48)38-23-13-6-14-24-38/h2-33H,50H2,1H3/b34-2+,42-31?. The minimum atomic E-state index is 0.749. The highest BCUT2D eigenvalue weighted by atomic mass is 15.0. The van der Waals surface area contributed by atoms with Gasteiger partial charge in [-0.05, 0) is 101 Å². The van der Waals surface area contributed by atoms with E-state index in [0.29, 0.717) is 0 Å². The Bertz CT molecular complexity index is 2770. The van der Waals surface area contributed by atoms with Crippen molar-refractivity contribution < 1.29 is 0 Å². The van der Waals surface area contributed by atoms with Gasteiger partial charge in [0.25, 0.3) is 0 Å². The molecule has 52 heavy (non-hydrogen) atoms. The van der Waals surface area contributed by atoms with Crippen molar-refractivity contribution >= 4 is 49.5 Å². The molecule has 2 heterocycles. The Morgan fingerprint density at radius 1 is 0.519 bits per heavy atom. The predicted octanol–water partition coefficient (Wildman–Crippen LogP) is 12.5. The van der Waals surface area contributed by atoms with E-state index in [1.165, 1.54) is 27.2 Å². The number of nitrogens with two attached hydrogens (primary N) is 1. The Kier molecular flexibility index (Phi) is 7.87. The van der Waals surface area contributed by atoms with E-state index < -0.39 is 0 Å². The zero-order chi connectivity index (χ0) is 35.0. The van der Waals surface area contributed by atoms with Gasteiger partial charge in [0.15, 0.2) is 0 Å². The van der Waals surface area contributed by atoms with Crippen LogP contribution in [0, 0.1) is 0 Å². The Morgan fingerprint density at radius 2 is 1.13 bits per heavy atom. The van der Waals surface area contributed by atoms with Crippen molar-refractivity contribution in [1.82, 2.24) is 9.13 Å². The second kappa shape index (κ2) is 13.1. The molecule has 9 rings (SSSR count). The second-order valence-corrected chi connectivity index (χ2v) is 13.1. The Labute approximate surface area is 303 Å². The van der Waals surface area contributed by atoms with Crippen molar-refractivity contribution in [3.63, 3.8) is 0 Å². The lowest BCUT2D eigenvalue weighted by molar-refractivity contribution is 1.13. The first-order valence-electron chi connectivity index (χ1n) is 17.8. The van der Waals surface area contributed by atoms with E-state index in [2.05, 4.69) is 198 Å². The Balaban J connectivity index is 1.43. The predicted molar refractivity (Wildman–Crippen MR) is 221 cm³/mol. The topological polar surface area (TPSA) is 35.9 Å². The van der Waals surface area contributed by atoms with E-state index in [4.69, 9.17) is 5.73 Å². The molecule has 0 aliphatic heterocycles. The largest absolute Gasteiger partial charge is 0.398 e. The maximum absolute atomic E-state index is 6.83. The number of aromatic nitrogens is 2. The van der Waals surface area contributed by atoms with Crippen LogP contribution in [0.15, 0.2) is 194 Å². The molecule has 3 heteroatoms. The van der Waals surface area contributed by atoms with Crippen LogP contribution in [-0.2, 0) is 0 Å². The molecule has 7 aromatic carbocycles. The molecule has 0 saturated heterocycles. The minimum absolute atomic E-state index is 0.749. The molecule has 3 nitrogen and oxygen atoms in total. The van der Waals surface area contributed by atoms with E-state index in [-0.39, 0.29) is 0 Å². The molecule has 0 aliphatic rings. The highest BCUT2D eigenvalue weighted by Crippen LogP contribution is 2.44. The van der Waals surface area contributed by atoms with Gasteiger partial charge in [0.05, 0.1) is 16.6 Å². The molecule has 2 aromatic heterocycles. The summed E-state index contributed by atoms with van der Waals surface area (Å²) < 4.78 is 4.72. The van der Waals surface area contributed by atoms with Crippen LogP contribution in [0.1, 0.15) is 23.6 Å². The van der Waals surface area contributed by atoms with Gasteiger partial charge in [0.2, 0.25) is 0 Å². The summed E-state index contributed by atoms with van der Waals surface area (Å²) in [5.41, 5.74) is 21.1. The van der Waals surface area contributed by atoms with Crippen molar-refractivity contribution in [2.45, 2.75) is 6.92 Å². The zero-order valence-electron chi connectivity index (χ0n) is 28.9. The van der Waals surface area contributed by atoms with Gasteiger partial charge in [0, 0.05) is 45.0 Å². The molecule has 0 atom stereocenters. The summed E-state index contributed by atoms with van der Waals surface area (Å²) in [6.45, 7) is 2.11. The molecular weight excluding hydrogens is 631 g/mol. The minimum Gasteiger partial charge on any atom is -0.398 e. The van der Waals surface area contributed by atoms with E-state index >= 15 is 0 Å². The van der Waals surface area contributed by atoms with Gasteiger partial charge in [-0.1, -0.05) is 127 Å². The lowest BCUT2D eigenvalue weighted by atomic mass is 9.87. The number of nitrogens with zero attached hydrogens (tertiary/aromatic N) is 2. The van der Waals surface area contributed by atoms with Crippen LogP contribution >= 0.6 is 0 Å². The summed E-state index contributed by atoms with van der Waals surface area (Å²) in [5, 5.41) is 3.57. The number of fused-ring (bicyclic) bond motifs is 5. The number of nitrogen functional groups attached to an aromatic ring is 1. The molecule has 0 spiro atoms. The van der Waals surface area contributed by atoms with Crippen molar-refractivity contribution in [2.75, 3.05) is 5.73 Å². The second-order valence-electron chi connectivity index (χ2n) is 13.1. The number of hydrogen-bond donors (Lipinski definition) is 1. The molecule has 0 amide bonds. The van der Waals surface area contributed by atoms with E-state index in [1.54, 1.807) is 0 Å². The average Bonchev–Trinajstić information content (AvgIpc) is 3.79. The number of hydrogen-bond acceptors (Lipinski definition) is 1. The number of rotatable bonds is 7. The SMILES string of the molecule is C/C=C(\C=C(c1ccccc1)c1cc2c(cc1-c1ccccc1N)c1ccc3c(ccn3-c3ccccc3)c1n2-c1ccccc1)c1ccccc1. The summed E-state index contributed by atoms with van der Waals surface area (Å²) in [4.78, 5) is 0. The van der Waals surface area contributed by atoms with Crippen molar-refractivity contribution in [2.24, 2.45) is 0 Å². The molecule has 0 fully saturated rings. The number of anilines is 1. The Hall–Kier alpha value is -6.84. The Morgan fingerprint density at radius 3 is 1.81 bits per heavy atom. The maximum atomic E-state index is 6.83. The lowest BCUT2D eigenvalue weighted by Gasteiger charge is -2.18. The van der Waals surface area contributed by atoms with E-state index in [9.17, 15) is 0 Å². The number of para-hydroxylation sites is 3. The van der Waals surface area contributed by atoms with Gasteiger partial charge in [-0.25, -0.2) is 0 Å². The first-order chi connectivity index (χ1) is 25.7. The van der Waals surface area contributed by atoms with Crippen LogP contribution in [0.3, 0.4) is 0 Å². The lowest BCUT2D eigenvalue weighted by Crippen LogP contribution is -1.99. The van der Waals surface area contributed by atoms with Gasteiger partial charge in [0.1, 0.15) is 0 Å². The van der Waals surface area contributed by atoms with Crippen LogP contribution in [0.5, 0.6) is 0 Å². The summed E-state index contributed by atoms with van der Waals surface area (Å²) in [6.07, 6.45) is 6.72. The summed E-state index contributed by atoms with van der Waals surface area (Å²) >= 11 is 0. The van der Waals surface area contributed by atoms with Crippen LogP contribution in [-0.4, -0.2) is 9.13 Å². The van der Waals surface area contributed by atoms with Gasteiger partial charge in [-0.15, -0.1) is 0 Å². The van der Waals surface area contributed by atoms with Crippen molar-refractivity contribution in [3.8, 4) is 22.5 Å². The van der Waals surface area contributed by atoms with Gasteiger partial charge in [-0.2, -0.15) is 0 Å². The van der Waals surface area contributed by atoms with Crippen LogP contribution in [0.2, 0.25) is 0 Å². The highest BCUT2D eigenvalue weighted by Gasteiger charge is 2.22. The molecule has 0 radical (unpaired) electrons. The first-order valence-corrected chi connectivity index (χ1v) is 17.8. The zero-order valence-corrected chi connectivity index (χ0v) is 28.9. The summed E-state index contributed by atoms with van der Waals surface area (Å²) in [6, 6.07) is 62.4. The monoisotopic (exact) mass is 667 g/mol. The fourth-order valence-corrected chi connectivity index (χ4v) is 7.67. The summed E-state index contributed by atoms with van der Waals surface area (Å²) in [5.74, 6) is 0. The molecule has 0 bridgehead atoms. The normalized spacial score (nSPS) is 12.2. The third-order valence-corrected chi connectivity index (χ3v) is 10.1. The van der Waals surface area contributed by atoms with Gasteiger partial charge in [-0.3, -0.25) is 0 Å². The molecule has 9 aromatic rings.